The summed E-state index contributed by atoms with van der Waals surface area (Å²) in [6, 6.07) is 15.1. The summed E-state index contributed by atoms with van der Waals surface area (Å²) < 4.78 is 0. The summed E-state index contributed by atoms with van der Waals surface area (Å²) in [5.74, 6) is 0. The van der Waals surface area contributed by atoms with E-state index < -0.39 is 5.24 Å². The second-order valence-electron chi connectivity index (χ2n) is 3.37. The molecule has 0 aliphatic heterocycles. The van der Waals surface area contributed by atoms with E-state index in [4.69, 9.17) is 11.6 Å². The van der Waals surface area contributed by atoms with E-state index in [0.29, 0.717) is 5.56 Å². The molecule has 0 aliphatic carbocycles. The molecule has 5 heteroatoms. The molecule has 0 aliphatic rings. The normalized spacial score (nSPS) is 9.67. The van der Waals surface area contributed by atoms with E-state index in [0.717, 1.165) is 14.7 Å². The molecule has 0 atom stereocenters. The van der Waals surface area contributed by atoms with Crippen molar-refractivity contribution in [1.29, 1.82) is 0 Å². The van der Waals surface area contributed by atoms with Gasteiger partial charge in [0.05, 0.1) is 0 Å². The fourth-order valence-corrected chi connectivity index (χ4v) is 2.63. The quantitative estimate of drug-likeness (QED) is 0.527. The number of hydrogen-bond acceptors (Lipinski definition) is 3. The summed E-state index contributed by atoms with van der Waals surface area (Å²) in [5, 5.41) is -0.451. The molecule has 0 amide bonds. The predicted octanol–water partition coefficient (Wildman–Crippen LogP) is 3.86. The van der Waals surface area contributed by atoms with Crippen molar-refractivity contribution in [3.63, 3.8) is 0 Å². The van der Waals surface area contributed by atoms with Crippen molar-refractivity contribution in [2.45, 2.75) is 14.7 Å². The van der Waals surface area contributed by atoms with Crippen LogP contribution >= 0.6 is 36.0 Å². The predicted molar refractivity (Wildman–Crippen MR) is 81.6 cm³/mol. The Morgan fingerprint density at radius 2 is 1.78 bits per heavy atom. The topological polar surface area (TPSA) is 17.1 Å². The first-order valence-electron chi connectivity index (χ1n) is 4.92. The molecule has 0 bridgehead atoms. The molecular formula is C13H10ClNaOS2. The first-order chi connectivity index (χ1) is 8.16. The molecule has 1 nitrogen and oxygen atoms in total. The van der Waals surface area contributed by atoms with Crippen LogP contribution in [0.5, 0.6) is 0 Å². The third-order valence-electron chi connectivity index (χ3n) is 2.16. The van der Waals surface area contributed by atoms with Crippen LogP contribution in [0.3, 0.4) is 0 Å². The van der Waals surface area contributed by atoms with E-state index in [1.54, 1.807) is 30.0 Å². The van der Waals surface area contributed by atoms with Gasteiger partial charge in [0.25, 0.3) is 5.24 Å². The first kappa shape index (κ1) is 16.2. The molecule has 2 rings (SSSR count). The Morgan fingerprint density at radius 3 is 2.39 bits per heavy atom. The number of hydrogen-bond donors (Lipinski definition) is 1. The SMILES string of the molecule is O=C(Cl)c1ccc(S)c(Sc2ccccc2)c1.[NaH]. The zero-order valence-corrected chi connectivity index (χ0v) is 11.2. The van der Waals surface area contributed by atoms with E-state index >= 15 is 0 Å². The standard InChI is InChI=1S/C13H9ClOS2.Na.H/c14-13(15)9-6-7-11(16)12(8-9)17-10-4-2-1-3-5-10;;/h1-8,16H;;. The minimum absolute atomic E-state index is 0. The van der Waals surface area contributed by atoms with Gasteiger partial charge in [0.15, 0.2) is 0 Å². The molecule has 0 radical (unpaired) electrons. The van der Waals surface area contributed by atoms with Crippen LogP contribution in [-0.2, 0) is 0 Å². The minimum atomic E-state index is -0.451. The van der Waals surface area contributed by atoms with E-state index in [2.05, 4.69) is 12.6 Å². The Morgan fingerprint density at radius 1 is 1.11 bits per heavy atom. The van der Waals surface area contributed by atoms with E-state index in [9.17, 15) is 4.79 Å². The molecule has 0 fully saturated rings. The zero-order chi connectivity index (χ0) is 12.3. The van der Waals surface area contributed by atoms with Gasteiger partial charge < -0.3 is 0 Å². The summed E-state index contributed by atoms with van der Waals surface area (Å²) >= 11 is 11.4. The Kier molecular flexibility index (Phi) is 6.85. The average Bonchev–Trinajstić information content (AvgIpc) is 2.33. The number of benzene rings is 2. The number of halogens is 1. The van der Waals surface area contributed by atoms with Crippen molar-refractivity contribution in [1.82, 2.24) is 0 Å². The Hall–Kier alpha value is 0.1000. The zero-order valence-electron chi connectivity index (χ0n) is 8.76. The summed E-state index contributed by atoms with van der Waals surface area (Å²) in [5.41, 5.74) is 0.489. The van der Waals surface area contributed by atoms with Crippen LogP contribution in [0.2, 0.25) is 0 Å². The van der Waals surface area contributed by atoms with Crippen LogP contribution in [-0.4, -0.2) is 34.8 Å². The molecule has 2 aromatic carbocycles. The number of carbonyl (C=O) groups excluding carboxylic acids is 1. The molecule has 0 N–H and O–H groups in total. The summed E-state index contributed by atoms with van der Waals surface area (Å²) in [7, 11) is 0. The number of carbonyl (C=O) groups is 1. The van der Waals surface area contributed by atoms with E-state index in [1.807, 2.05) is 30.3 Å². The van der Waals surface area contributed by atoms with Gasteiger partial charge in [-0.05, 0) is 41.9 Å². The van der Waals surface area contributed by atoms with Crippen LogP contribution in [0.4, 0.5) is 0 Å². The van der Waals surface area contributed by atoms with Gasteiger partial charge in [0, 0.05) is 20.2 Å². The Bertz CT molecular complexity index is 546. The maximum absolute atomic E-state index is 11.1. The Balaban J connectivity index is 0.00000162. The van der Waals surface area contributed by atoms with Crippen molar-refractivity contribution in [3.05, 3.63) is 54.1 Å². The Labute approximate surface area is 143 Å². The fraction of sp³-hybridized carbons (Fsp3) is 0. The van der Waals surface area contributed by atoms with Crippen molar-refractivity contribution < 1.29 is 4.79 Å². The molecule has 2 aromatic rings. The third kappa shape index (κ3) is 4.34. The molecule has 88 valence electrons. The molecule has 0 unspecified atom stereocenters. The summed E-state index contributed by atoms with van der Waals surface area (Å²) in [6.45, 7) is 0. The summed E-state index contributed by atoms with van der Waals surface area (Å²) in [6.07, 6.45) is 0. The van der Waals surface area contributed by atoms with Gasteiger partial charge in [0.2, 0.25) is 0 Å². The average molecular weight is 305 g/mol. The second kappa shape index (κ2) is 7.63. The third-order valence-corrected chi connectivity index (χ3v) is 3.98. The van der Waals surface area contributed by atoms with Gasteiger partial charge >= 0.3 is 29.6 Å². The van der Waals surface area contributed by atoms with Gasteiger partial charge in [-0.25, -0.2) is 0 Å². The molecule has 0 heterocycles. The first-order valence-corrected chi connectivity index (χ1v) is 6.57. The molecule has 18 heavy (non-hydrogen) atoms. The molecular weight excluding hydrogens is 295 g/mol. The maximum atomic E-state index is 11.1. The molecule has 0 saturated carbocycles. The van der Waals surface area contributed by atoms with Crippen molar-refractivity contribution >= 4 is 70.8 Å². The number of thiol groups is 1. The summed E-state index contributed by atoms with van der Waals surface area (Å²) in [4.78, 5) is 13.9. The van der Waals surface area contributed by atoms with Crippen LogP contribution in [0.25, 0.3) is 0 Å². The van der Waals surface area contributed by atoms with Crippen molar-refractivity contribution in [2.24, 2.45) is 0 Å². The fourth-order valence-electron chi connectivity index (χ4n) is 1.33. The van der Waals surface area contributed by atoms with Crippen LogP contribution < -0.4 is 0 Å². The van der Waals surface area contributed by atoms with Gasteiger partial charge in [-0.15, -0.1) is 12.6 Å². The van der Waals surface area contributed by atoms with Crippen LogP contribution in [0, 0.1) is 0 Å². The van der Waals surface area contributed by atoms with Crippen molar-refractivity contribution in [3.8, 4) is 0 Å². The monoisotopic (exact) mass is 304 g/mol. The van der Waals surface area contributed by atoms with Gasteiger partial charge in [-0.1, -0.05) is 30.0 Å². The van der Waals surface area contributed by atoms with E-state index in [-0.39, 0.29) is 29.6 Å². The van der Waals surface area contributed by atoms with E-state index in [1.165, 1.54) is 0 Å². The molecule has 0 saturated heterocycles. The second-order valence-corrected chi connectivity index (χ2v) is 5.31. The van der Waals surface area contributed by atoms with Crippen LogP contribution in [0.15, 0.2) is 63.2 Å². The van der Waals surface area contributed by atoms with Gasteiger partial charge in [-0.2, -0.15) is 0 Å². The number of rotatable bonds is 3. The van der Waals surface area contributed by atoms with Crippen LogP contribution in [0.1, 0.15) is 10.4 Å². The molecule has 0 spiro atoms. The van der Waals surface area contributed by atoms with Crippen molar-refractivity contribution in [2.75, 3.05) is 0 Å². The molecule has 0 aromatic heterocycles. The van der Waals surface area contributed by atoms with Gasteiger partial charge in [-0.3, -0.25) is 4.79 Å². The van der Waals surface area contributed by atoms with Gasteiger partial charge in [0.1, 0.15) is 0 Å².